The average molecular weight is 572 g/mol. The fourth-order valence-corrected chi connectivity index (χ4v) is 6.03. The van der Waals surface area contributed by atoms with Gasteiger partial charge in [0.25, 0.3) is 0 Å². The van der Waals surface area contributed by atoms with Crippen LogP contribution in [0.1, 0.15) is 67.2 Å². The van der Waals surface area contributed by atoms with Crippen molar-refractivity contribution in [3.63, 3.8) is 0 Å². The van der Waals surface area contributed by atoms with Gasteiger partial charge in [0, 0.05) is 44.3 Å². The van der Waals surface area contributed by atoms with Gasteiger partial charge in [-0.2, -0.15) is 0 Å². The van der Waals surface area contributed by atoms with E-state index in [1.54, 1.807) is 6.07 Å². The number of carbonyl (C=O) groups excluding carboxylic acids is 2. The quantitative estimate of drug-likeness (QED) is 0.382. The number of nitrogens with zero attached hydrogens (tertiary/aromatic N) is 5. The molecule has 12 heteroatoms. The molecule has 1 N–H and O–H groups in total. The predicted molar refractivity (Wildman–Crippen MR) is 147 cm³/mol. The first kappa shape index (κ1) is 29.0. The molecular weight excluding hydrogens is 531 g/mol. The summed E-state index contributed by atoms with van der Waals surface area (Å²) < 4.78 is 11.0. The molecule has 4 fully saturated rings. The Morgan fingerprint density at radius 1 is 0.816 bits per heavy atom. The van der Waals surface area contributed by atoms with E-state index in [1.165, 1.54) is 0 Å². The molecule has 1 aromatic heterocycles. The lowest BCUT2D eigenvalue weighted by Crippen LogP contribution is -2.57. The minimum absolute atomic E-state index is 0.121. The molecular formula is C26H40Cl2N6O4. The Morgan fingerprint density at radius 3 is 1.71 bits per heavy atom. The number of anilines is 1. The summed E-state index contributed by atoms with van der Waals surface area (Å²) in [6.45, 7) is 14.6. The van der Waals surface area contributed by atoms with Crippen LogP contribution in [0.3, 0.4) is 0 Å². The van der Waals surface area contributed by atoms with Crippen molar-refractivity contribution in [1.82, 2.24) is 25.1 Å². The fourth-order valence-electron chi connectivity index (χ4n) is 5.63. The zero-order chi connectivity index (χ0) is 27.8. The van der Waals surface area contributed by atoms with Crippen molar-refractivity contribution < 1.29 is 19.1 Å². The Morgan fingerprint density at radius 2 is 1.26 bits per heavy atom. The summed E-state index contributed by atoms with van der Waals surface area (Å²) in [5.41, 5.74) is -0.872. The molecule has 38 heavy (non-hydrogen) atoms. The average Bonchev–Trinajstić information content (AvgIpc) is 3.19. The van der Waals surface area contributed by atoms with Crippen molar-refractivity contribution in [2.24, 2.45) is 0 Å². The van der Waals surface area contributed by atoms with E-state index in [0.717, 1.165) is 38.8 Å². The van der Waals surface area contributed by atoms with E-state index >= 15 is 0 Å². The maximum absolute atomic E-state index is 12.4. The van der Waals surface area contributed by atoms with Crippen molar-refractivity contribution in [3.05, 3.63) is 16.5 Å². The number of amides is 2. The van der Waals surface area contributed by atoms with Crippen LogP contribution >= 0.6 is 23.2 Å². The maximum atomic E-state index is 12.4. The van der Waals surface area contributed by atoms with E-state index in [2.05, 4.69) is 20.2 Å². The van der Waals surface area contributed by atoms with Gasteiger partial charge in [-0.1, -0.05) is 11.6 Å². The molecule has 0 aliphatic carbocycles. The number of fused-ring (bicyclic) bond motifs is 4. The van der Waals surface area contributed by atoms with Crippen LogP contribution in [0.25, 0.3) is 0 Å². The van der Waals surface area contributed by atoms with Crippen LogP contribution in [0.4, 0.5) is 15.4 Å². The molecule has 0 aromatic carbocycles. The van der Waals surface area contributed by atoms with E-state index in [9.17, 15) is 9.59 Å². The first-order valence-corrected chi connectivity index (χ1v) is 14.1. The number of hydrogen-bond donors (Lipinski definition) is 1. The Hall–Kier alpha value is -2.04. The zero-order valence-electron chi connectivity index (χ0n) is 23.2. The van der Waals surface area contributed by atoms with Crippen LogP contribution in [0.15, 0.2) is 6.07 Å². The molecule has 4 atom stereocenters. The van der Waals surface area contributed by atoms with Gasteiger partial charge in [-0.25, -0.2) is 19.6 Å². The van der Waals surface area contributed by atoms with Crippen LogP contribution in [0.2, 0.25) is 10.4 Å². The third kappa shape index (κ3) is 7.12. The Labute approximate surface area is 235 Å². The number of rotatable bonds is 1. The van der Waals surface area contributed by atoms with E-state index in [-0.39, 0.29) is 35.2 Å². The van der Waals surface area contributed by atoms with E-state index < -0.39 is 5.60 Å². The second-order valence-corrected chi connectivity index (χ2v) is 13.2. The third-order valence-corrected chi connectivity index (χ3v) is 7.41. The molecule has 212 valence electrons. The smallest absolute Gasteiger partial charge is 0.410 e. The van der Waals surface area contributed by atoms with Gasteiger partial charge < -0.3 is 19.7 Å². The molecule has 5 heterocycles. The summed E-state index contributed by atoms with van der Waals surface area (Å²) in [4.78, 5) is 38.4. The second-order valence-electron chi connectivity index (χ2n) is 12.4. The Kier molecular flexibility index (Phi) is 8.55. The molecule has 0 saturated carbocycles. The van der Waals surface area contributed by atoms with Crippen molar-refractivity contribution in [3.8, 4) is 0 Å². The monoisotopic (exact) mass is 570 g/mol. The van der Waals surface area contributed by atoms with Crippen LogP contribution in [0.5, 0.6) is 0 Å². The van der Waals surface area contributed by atoms with Crippen molar-refractivity contribution in [2.45, 2.75) is 103 Å². The second kappa shape index (κ2) is 11.2. The number of ether oxygens (including phenoxy) is 2. The van der Waals surface area contributed by atoms with Gasteiger partial charge in [0.15, 0.2) is 0 Å². The molecule has 4 unspecified atom stereocenters. The van der Waals surface area contributed by atoms with Gasteiger partial charge in [-0.15, -0.1) is 0 Å². The molecule has 2 amide bonds. The molecule has 1 aromatic rings. The minimum atomic E-state index is -0.485. The van der Waals surface area contributed by atoms with Crippen LogP contribution < -0.4 is 10.2 Å². The lowest BCUT2D eigenvalue weighted by atomic mass is 10.2. The van der Waals surface area contributed by atoms with Crippen LogP contribution in [-0.2, 0) is 9.47 Å². The van der Waals surface area contributed by atoms with Crippen molar-refractivity contribution in [2.75, 3.05) is 31.1 Å². The number of halogens is 2. The topological polar surface area (TPSA) is 100 Å². The van der Waals surface area contributed by atoms with Gasteiger partial charge in [0.1, 0.15) is 22.2 Å². The normalized spacial score (nSPS) is 26.6. The summed E-state index contributed by atoms with van der Waals surface area (Å²) in [5.74, 6) is 0.704. The Balaban J connectivity index is 0.000000194. The lowest BCUT2D eigenvalue weighted by Gasteiger charge is -2.41. The Bertz CT molecular complexity index is 980. The van der Waals surface area contributed by atoms with Gasteiger partial charge in [0.2, 0.25) is 5.28 Å². The van der Waals surface area contributed by atoms with Gasteiger partial charge >= 0.3 is 12.2 Å². The predicted octanol–water partition coefficient (Wildman–Crippen LogP) is 4.73. The lowest BCUT2D eigenvalue weighted by molar-refractivity contribution is 0.00973. The highest BCUT2D eigenvalue weighted by Gasteiger charge is 2.45. The number of piperazine rings is 2. The minimum Gasteiger partial charge on any atom is -0.444 e. The standard InChI is InChI=1S/C15H20Cl2N4O2.C11H20N2O2/c1-15(2,3)23-14(22)21-9-4-5-10(21)8-20(7-9)12-6-11(16)18-13(17)19-12;1-11(2,3)15-10(14)13-8-4-5-9(13)7-12-6-8/h6,9-10H,4-5,7-8H2,1-3H3;8-9,12H,4-7H2,1-3H3. The summed E-state index contributed by atoms with van der Waals surface area (Å²) in [6, 6.07) is 2.64. The highest BCUT2D eigenvalue weighted by Crippen LogP contribution is 2.34. The first-order valence-electron chi connectivity index (χ1n) is 13.4. The van der Waals surface area contributed by atoms with Crippen molar-refractivity contribution in [1.29, 1.82) is 0 Å². The van der Waals surface area contributed by atoms with E-state index in [1.807, 2.05) is 51.3 Å². The highest BCUT2D eigenvalue weighted by atomic mass is 35.5. The summed E-state index contributed by atoms with van der Waals surface area (Å²) in [6.07, 6.45) is 3.77. The number of carbonyl (C=O) groups is 2. The maximum Gasteiger partial charge on any atom is 0.410 e. The fraction of sp³-hybridized carbons (Fsp3) is 0.769. The number of aromatic nitrogens is 2. The molecule has 0 spiro atoms. The zero-order valence-corrected chi connectivity index (χ0v) is 24.7. The summed E-state index contributed by atoms with van der Waals surface area (Å²) in [5, 5.41) is 3.80. The van der Waals surface area contributed by atoms with E-state index in [0.29, 0.717) is 36.1 Å². The molecule has 4 saturated heterocycles. The summed E-state index contributed by atoms with van der Waals surface area (Å²) >= 11 is 11.9. The molecule has 4 bridgehead atoms. The third-order valence-electron chi connectivity index (χ3n) is 7.05. The molecule has 4 aliphatic rings. The summed E-state index contributed by atoms with van der Waals surface area (Å²) in [7, 11) is 0. The van der Waals surface area contributed by atoms with Gasteiger partial charge in [-0.05, 0) is 78.8 Å². The molecule has 5 rings (SSSR count). The van der Waals surface area contributed by atoms with Gasteiger partial charge in [0.05, 0.1) is 12.1 Å². The SMILES string of the molecule is CC(C)(C)OC(=O)N1C2CCC1CN(c1cc(Cl)nc(Cl)n1)C2.CC(C)(C)OC(=O)N1C2CCC1CNC2. The largest absolute Gasteiger partial charge is 0.444 e. The van der Waals surface area contributed by atoms with Gasteiger partial charge in [-0.3, -0.25) is 9.80 Å². The number of nitrogens with one attached hydrogen (secondary N) is 1. The van der Waals surface area contributed by atoms with Crippen LogP contribution in [-0.4, -0.2) is 93.5 Å². The molecule has 10 nitrogen and oxygen atoms in total. The number of hydrogen-bond acceptors (Lipinski definition) is 8. The highest BCUT2D eigenvalue weighted by molar-refractivity contribution is 6.32. The molecule has 0 radical (unpaired) electrons. The molecule has 4 aliphatic heterocycles. The van der Waals surface area contributed by atoms with Crippen LogP contribution in [0, 0.1) is 0 Å². The first-order chi connectivity index (χ1) is 17.7. The van der Waals surface area contributed by atoms with E-state index in [4.69, 9.17) is 32.7 Å². The van der Waals surface area contributed by atoms with Crippen molar-refractivity contribution >= 4 is 41.2 Å².